The van der Waals surface area contributed by atoms with Crippen LogP contribution in [0.2, 0.25) is 0 Å². The molecule has 6 nitrogen and oxygen atoms in total. The SMILES string of the molecule is CC(C)(C)OC(=O)N1CC(F)(F)[C@H](NS(C)(=O)=O)[C@@H]1Cc1cccc(-c2ccccc2)c1F. The Labute approximate surface area is 191 Å². The summed E-state index contributed by atoms with van der Waals surface area (Å²) in [7, 11) is -4.05. The summed E-state index contributed by atoms with van der Waals surface area (Å²) < 4.78 is 76.1. The number of halogens is 3. The van der Waals surface area contributed by atoms with Crippen molar-refractivity contribution in [3.63, 3.8) is 0 Å². The van der Waals surface area contributed by atoms with E-state index in [9.17, 15) is 22.0 Å². The van der Waals surface area contributed by atoms with E-state index in [2.05, 4.69) is 0 Å². The van der Waals surface area contributed by atoms with Gasteiger partial charge in [0, 0.05) is 5.56 Å². The highest BCUT2D eigenvalue weighted by Crippen LogP contribution is 2.37. The van der Waals surface area contributed by atoms with Gasteiger partial charge in [-0.15, -0.1) is 0 Å². The van der Waals surface area contributed by atoms with Gasteiger partial charge in [0.25, 0.3) is 5.92 Å². The van der Waals surface area contributed by atoms with Gasteiger partial charge in [-0.05, 0) is 38.3 Å². The number of carbonyl (C=O) groups is 1. The van der Waals surface area contributed by atoms with Crippen molar-refractivity contribution in [2.45, 2.75) is 50.8 Å². The van der Waals surface area contributed by atoms with E-state index in [0.29, 0.717) is 5.56 Å². The highest BCUT2D eigenvalue weighted by molar-refractivity contribution is 7.88. The molecule has 0 aromatic heterocycles. The predicted octanol–water partition coefficient (Wildman–Crippen LogP) is 4.21. The second-order valence-electron chi connectivity index (χ2n) is 9.15. The van der Waals surface area contributed by atoms with Crippen molar-refractivity contribution in [3.8, 4) is 11.1 Å². The van der Waals surface area contributed by atoms with Crippen LogP contribution in [0.25, 0.3) is 11.1 Å². The van der Waals surface area contributed by atoms with Crippen LogP contribution in [0, 0.1) is 5.82 Å². The molecular formula is C23H27F3N2O4S. The number of likely N-dealkylation sites (tertiary alicyclic amines) is 1. The molecule has 10 heteroatoms. The minimum absolute atomic E-state index is 0.0768. The number of ether oxygens (including phenoxy) is 1. The number of nitrogens with zero attached hydrogens (tertiary/aromatic N) is 1. The molecule has 0 saturated carbocycles. The fraction of sp³-hybridized carbons (Fsp3) is 0.435. The van der Waals surface area contributed by atoms with Crippen molar-refractivity contribution in [3.05, 3.63) is 59.9 Å². The largest absolute Gasteiger partial charge is 0.444 e. The number of hydrogen-bond acceptors (Lipinski definition) is 4. The first kappa shape index (κ1) is 25.0. The van der Waals surface area contributed by atoms with Crippen LogP contribution in [0.4, 0.5) is 18.0 Å². The Balaban J connectivity index is 2.02. The Kier molecular flexibility index (Phi) is 6.82. The van der Waals surface area contributed by atoms with Crippen molar-refractivity contribution < 1.29 is 31.1 Å². The van der Waals surface area contributed by atoms with Crippen LogP contribution in [0.1, 0.15) is 26.3 Å². The highest BCUT2D eigenvalue weighted by atomic mass is 32.2. The van der Waals surface area contributed by atoms with Crippen molar-refractivity contribution in [2.75, 3.05) is 12.8 Å². The summed E-state index contributed by atoms with van der Waals surface area (Å²) in [4.78, 5) is 13.5. The minimum Gasteiger partial charge on any atom is -0.444 e. The maximum Gasteiger partial charge on any atom is 0.410 e. The number of benzene rings is 2. The van der Waals surface area contributed by atoms with E-state index in [1.165, 1.54) is 6.07 Å². The number of nitrogens with one attached hydrogen (secondary N) is 1. The van der Waals surface area contributed by atoms with E-state index in [1.54, 1.807) is 63.2 Å². The van der Waals surface area contributed by atoms with Gasteiger partial charge >= 0.3 is 6.09 Å². The predicted molar refractivity (Wildman–Crippen MR) is 119 cm³/mol. The zero-order valence-corrected chi connectivity index (χ0v) is 19.6. The molecule has 2 aromatic carbocycles. The number of rotatable bonds is 5. The Hall–Kier alpha value is -2.59. The molecule has 1 aliphatic rings. The van der Waals surface area contributed by atoms with Crippen LogP contribution in [-0.2, 0) is 21.2 Å². The Morgan fingerprint density at radius 3 is 2.36 bits per heavy atom. The standard InChI is InChI=1S/C23H27F3N2O4S/c1-22(2,3)32-21(29)28-14-23(25,26)20(27-33(4,30)31)18(28)13-16-11-8-12-17(19(16)24)15-9-6-5-7-10-15/h5-12,18,20,27H,13-14H2,1-4H3/t18-,20+/m0/s1. The summed E-state index contributed by atoms with van der Waals surface area (Å²) in [6, 6.07) is 9.98. The van der Waals surface area contributed by atoms with Gasteiger partial charge in [-0.1, -0.05) is 48.5 Å². The molecule has 3 rings (SSSR count). The van der Waals surface area contributed by atoms with Gasteiger partial charge in [0.15, 0.2) is 0 Å². The van der Waals surface area contributed by atoms with E-state index in [0.717, 1.165) is 11.2 Å². The van der Waals surface area contributed by atoms with Crippen molar-refractivity contribution in [1.82, 2.24) is 9.62 Å². The van der Waals surface area contributed by atoms with Crippen LogP contribution in [0.3, 0.4) is 0 Å². The summed E-state index contributed by atoms with van der Waals surface area (Å²) >= 11 is 0. The molecule has 33 heavy (non-hydrogen) atoms. The molecule has 1 N–H and O–H groups in total. The second-order valence-corrected chi connectivity index (χ2v) is 10.9. The number of sulfonamides is 1. The van der Waals surface area contributed by atoms with E-state index >= 15 is 4.39 Å². The normalized spacial score (nSPS) is 20.6. The van der Waals surface area contributed by atoms with E-state index in [4.69, 9.17) is 4.74 Å². The zero-order valence-electron chi connectivity index (χ0n) is 18.8. The van der Waals surface area contributed by atoms with Gasteiger partial charge in [0.1, 0.15) is 17.5 Å². The molecule has 2 aromatic rings. The van der Waals surface area contributed by atoms with Crippen LogP contribution in [0.5, 0.6) is 0 Å². The van der Waals surface area contributed by atoms with Crippen molar-refractivity contribution in [2.24, 2.45) is 0 Å². The lowest BCUT2D eigenvalue weighted by atomic mass is 9.95. The molecule has 1 heterocycles. The first-order valence-electron chi connectivity index (χ1n) is 10.4. The Bertz CT molecular complexity index is 1120. The molecule has 0 bridgehead atoms. The lowest BCUT2D eigenvalue weighted by Gasteiger charge is -2.30. The molecule has 0 aliphatic carbocycles. The van der Waals surface area contributed by atoms with Gasteiger partial charge < -0.3 is 4.74 Å². The number of alkyl halides is 2. The second kappa shape index (κ2) is 8.98. The number of amides is 1. The third kappa shape index (κ3) is 6.05. The molecule has 0 unspecified atom stereocenters. The average Bonchev–Trinajstić information content (AvgIpc) is 2.92. The quantitative estimate of drug-likeness (QED) is 0.690. The van der Waals surface area contributed by atoms with E-state index < -0.39 is 52.1 Å². The van der Waals surface area contributed by atoms with Crippen molar-refractivity contribution >= 4 is 16.1 Å². The molecule has 0 radical (unpaired) electrons. The molecule has 180 valence electrons. The van der Waals surface area contributed by atoms with Crippen LogP contribution in [0.15, 0.2) is 48.5 Å². The fourth-order valence-electron chi connectivity index (χ4n) is 3.85. The highest BCUT2D eigenvalue weighted by Gasteiger charge is 2.57. The first-order valence-corrected chi connectivity index (χ1v) is 12.2. The Morgan fingerprint density at radius 2 is 1.79 bits per heavy atom. The smallest absolute Gasteiger partial charge is 0.410 e. The maximum absolute atomic E-state index is 15.4. The lowest BCUT2D eigenvalue weighted by molar-refractivity contribution is -0.0122. The molecule has 1 fully saturated rings. The van der Waals surface area contributed by atoms with E-state index in [-0.39, 0.29) is 17.5 Å². The van der Waals surface area contributed by atoms with Gasteiger partial charge in [-0.25, -0.2) is 31.1 Å². The summed E-state index contributed by atoms with van der Waals surface area (Å²) in [6.45, 7) is 3.70. The van der Waals surface area contributed by atoms with Gasteiger partial charge in [0.05, 0.1) is 18.8 Å². The molecule has 1 amide bonds. The fourth-order valence-corrected chi connectivity index (χ4v) is 4.64. The summed E-state index contributed by atoms with van der Waals surface area (Å²) in [6.07, 6.45) is -0.605. The average molecular weight is 485 g/mol. The van der Waals surface area contributed by atoms with Gasteiger partial charge in [0.2, 0.25) is 10.0 Å². The molecule has 1 saturated heterocycles. The summed E-state index contributed by atoms with van der Waals surface area (Å²) in [5, 5.41) is 0. The number of carbonyl (C=O) groups excluding carboxylic acids is 1. The molecule has 0 spiro atoms. The van der Waals surface area contributed by atoms with Crippen LogP contribution < -0.4 is 4.72 Å². The maximum atomic E-state index is 15.4. The Morgan fingerprint density at radius 1 is 1.15 bits per heavy atom. The first-order chi connectivity index (χ1) is 15.2. The lowest BCUT2D eigenvalue weighted by Crippen LogP contribution is -2.52. The van der Waals surface area contributed by atoms with Crippen LogP contribution >= 0.6 is 0 Å². The summed E-state index contributed by atoms with van der Waals surface area (Å²) in [5.74, 6) is -4.21. The van der Waals surface area contributed by atoms with E-state index in [1.807, 2.05) is 4.72 Å². The summed E-state index contributed by atoms with van der Waals surface area (Å²) in [5.41, 5.74) is -0.0109. The van der Waals surface area contributed by atoms with Gasteiger partial charge in [-0.3, -0.25) is 4.90 Å². The molecular weight excluding hydrogens is 457 g/mol. The molecule has 1 aliphatic heterocycles. The van der Waals surface area contributed by atoms with Crippen molar-refractivity contribution in [1.29, 1.82) is 0 Å². The van der Waals surface area contributed by atoms with Crippen LogP contribution in [-0.4, -0.2) is 55.8 Å². The van der Waals surface area contributed by atoms with Gasteiger partial charge in [-0.2, -0.15) is 0 Å². The third-order valence-corrected chi connectivity index (χ3v) is 5.86. The zero-order chi connectivity index (χ0) is 24.6. The minimum atomic E-state index is -4.05. The topological polar surface area (TPSA) is 75.7 Å². The molecule has 2 atom stereocenters. The third-order valence-electron chi connectivity index (χ3n) is 5.18. The number of hydrogen-bond donors (Lipinski definition) is 1. The monoisotopic (exact) mass is 484 g/mol.